The fraction of sp³-hybridized carbons (Fsp3) is 0.571. The largest absolute Gasteiger partial charge is 0.493 e. The van der Waals surface area contributed by atoms with Crippen LogP contribution >= 0.6 is 0 Å². The summed E-state index contributed by atoms with van der Waals surface area (Å²) < 4.78 is 5.53. The highest BCUT2D eigenvalue weighted by Gasteiger charge is 2.16. The number of hydrogen-bond acceptors (Lipinski definition) is 2. The number of benzene rings is 1. The molecule has 0 spiro atoms. The molecular formula is C14H19NO. The lowest BCUT2D eigenvalue weighted by atomic mass is 9.90. The second-order valence-electron chi connectivity index (χ2n) is 4.94. The number of ether oxygens (including phenoxy) is 1. The van der Waals surface area contributed by atoms with Crippen LogP contribution in [0.1, 0.15) is 24.0 Å². The van der Waals surface area contributed by atoms with Crippen LogP contribution in [0.3, 0.4) is 0 Å². The third-order valence-electron chi connectivity index (χ3n) is 3.74. The highest BCUT2D eigenvalue weighted by Crippen LogP contribution is 2.27. The summed E-state index contributed by atoms with van der Waals surface area (Å²) in [5, 5.41) is 3.42. The molecule has 0 aliphatic carbocycles. The molecule has 3 rings (SSSR count). The first-order valence-electron chi connectivity index (χ1n) is 6.37. The molecule has 2 aliphatic heterocycles. The van der Waals surface area contributed by atoms with Crippen molar-refractivity contribution in [3.8, 4) is 5.75 Å². The van der Waals surface area contributed by atoms with Gasteiger partial charge >= 0.3 is 0 Å². The number of fused-ring (bicyclic) bond motifs is 1. The molecule has 0 aromatic heterocycles. The average molecular weight is 217 g/mol. The second-order valence-corrected chi connectivity index (χ2v) is 4.94. The zero-order valence-corrected chi connectivity index (χ0v) is 9.67. The molecule has 16 heavy (non-hydrogen) atoms. The first-order chi connectivity index (χ1) is 7.92. The first-order valence-corrected chi connectivity index (χ1v) is 6.37. The Labute approximate surface area is 97.0 Å². The van der Waals surface area contributed by atoms with E-state index in [1.165, 1.54) is 43.5 Å². The molecule has 0 amide bonds. The summed E-state index contributed by atoms with van der Waals surface area (Å²) in [7, 11) is 0. The van der Waals surface area contributed by atoms with Crippen molar-refractivity contribution in [1.29, 1.82) is 0 Å². The molecule has 2 heteroatoms. The number of nitrogens with one attached hydrogen (secondary N) is 1. The van der Waals surface area contributed by atoms with Gasteiger partial charge in [0.05, 0.1) is 6.61 Å². The highest BCUT2D eigenvalue weighted by molar-refractivity contribution is 5.39. The van der Waals surface area contributed by atoms with E-state index in [9.17, 15) is 0 Å². The molecule has 1 aromatic carbocycles. The van der Waals surface area contributed by atoms with E-state index in [1.807, 2.05) is 0 Å². The summed E-state index contributed by atoms with van der Waals surface area (Å²) in [6.07, 6.45) is 4.99. The average Bonchev–Trinajstić information content (AvgIpc) is 2.77. The fourth-order valence-electron chi connectivity index (χ4n) is 2.79. The van der Waals surface area contributed by atoms with Crippen molar-refractivity contribution in [2.45, 2.75) is 25.7 Å². The minimum Gasteiger partial charge on any atom is -0.493 e. The van der Waals surface area contributed by atoms with Crippen LogP contribution in [0.25, 0.3) is 0 Å². The molecule has 1 aromatic rings. The van der Waals surface area contributed by atoms with Crippen molar-refractivity contribution in [3.63, 3.8) is 0 Å². The van der Waals surface area contributed by atoms with Gasteiger partial charge in [-0.2, -0.15) is 0 Å². The lowest BCUT2D eigenvalue weighted by molar-refractivity contribution is 0.356. The molecule has 1 N–H and O–H groups in total. The van der Waals surface area contributed by atoms with Crippen molar-refractivity contribution in [1.82, 2.24) is 5.32 Å². The van der Waals surface area contributed by atoms with E-state index in [0.717, 1.165) is 24.7 Å². The van der Waals surface area contributed by atoms with Gasteiger partial charge in [-0.1, -0.05) is 12.1 Å². The highest BCUT2D eigenvalue weighted by atomic mass is 16.5. The predicted molar refractivity (Wildman–Crippen MR) is 64.9 cm³/mol. The standard InChI is InChI=1S/C14H19NO/c1-2-14-13(5-8-16-14)10-12(1)9-11-3-6-15-7-4-11/h1-2,10-11,15H,3-9H2. The molecule has 1 fully saturated rings. The van der Waals surface area contributed by atoms with E-state index in [0.29, 0.717) is 0 Å². The normalized spacial score (nSPS) is 20.5. The zero-order chi connectivity index (χ0) is 10.8. The van der Waals surface area contributed by atoms with E-state index < -0.39 is 0 Å². The van der Waals surface area contributed by atoms with Crippen molar-refractivity contribution >= 4 is 0 Å². The molecule has 0 radical (unpaired) electrons. The summed E-state index contributed by atoms with van der Waals surface area (Å²) >= 11 is 0. The van der Waals surface area contributed by atoms with Crippen LogP contribution < -0.4 is 10.1 Å². The van der Waals surface area contributed by atoms with Gasteiger partial charge in [-0.15, -0.1) is 0 Å². The van der Waals surface area contributed by atoms with Crippen molar-refractivity contribution in [2.75, 3.05) is 19.7 Å². The predicted octanol–water partition coefficient (Wildman–Crippen LogP) is 2.16. The van der Waals surface area contributed by atoms with Crippen LogP contribution in [-0.4, -0.2) is 19.7 Å². The summed E-state index contributed by atoms with van der Waals surface area (Å²) in [5.41, 5.74) is 2.91. The third kappa shape index (κ3) is 2.07. The van der Waals surface area contributed by atoms with Crippen LogP contribution in [-0.2, 0) is 12.8 Å². The summed E-state index contributed by atoms with van der Waals surface area (Å²) in [6, 6.07) is 6.75. The summed E-state index contributed by atoms with van der Waals surface area (Å²) in [6.45, 7) is 3.25. The van der Waals surface area contributed by atoms with Gasteiger partial charge in [0.15, 0.2) is 0 Å². The monoisotopic (exact) mass is 217 g/mol. The number of rotatable bonds is 2. The molecular weight excluding hydrogens is 198 g/mol. The summed E-state index contributed by atoms with van der Waals surface area (Å²) in [4.78, 5) is 0. The van der Waals surface area contributed by atoms with Gasteiger partial charge in [0.25, 0.3) is 0 Å². The maximum absolute atomic E-state index is 5.53. The molecule has 0 saturated carbocycles. The Balaban J connectivity index is 1.69. The Kier molecular flexibility index (Phi) is 2.83. The van der Waals surface area contributed by atoms with E-state index >= 15 is 0 Å². The fourth-order valence-corrected chi connectivity index (χ4v) is 2.79. The molecule has 1 saturated heterocycles. The first kappa shape index (κ1) is 10.2. The van der Waals surface area contributed by atoms with Gasteiger partial charge in [-0.25, -0.2) is 0 Å². The minimum absolute atomic E-state index is 0.867. The van der Waals surface area contributed by atoms with Gasteiger partial charge in [-0.3, -0.25) is 0 Å². The van der Waals surface area contributed by atoms with Gasteiger partial charge < -0.3 is 10.1 Å². The van der Waals surface area contributed by atoms with E-state index in [-0.39, 0.29) is 0 Å². The molecule has 0 atom stereocenters. The molecule has 2 heterocycles. The lowest BCUT2D eigenvalue weighted by Gasteiger charge is -2.22. The SMILES string of the molecule is c1cc2c(cc1CC1CCNCC1)CCO2. The van der Waals surface area contributed by atoms with Crippen LogP contribution in [0.2, 0.25) is 0 Å². The molecule has 2 aliphatic rings. The summed E-state index contributed by atoms with van der Waals surface area (Å²) in [5.74, 6) is 1.98. The Morgan fingerprint density at radius 1 is 1.25 bits per heavy atom. The van der Waals surface area contributed by atoms with Gasteiger partial charge in [0.1, 0.15) is 5.75 Å². The van der Waals surface area contributed by atoms with E-state index in [2.05, 4.69) is 23.5 Å². The lowest BCUT2D eigenvalue weighted by Crippen LogP contribution is -2.28. The minimum atomic E-state index is 0.867. The van der Waals surface area contributed by atoms with Crippen LogP contribution in [0.4, 0.5) is 0 Å². The quantitative estimate of drug-likeness (QED) is 0.819. The second kappa shape index (κ2) is 4.46. The zero-order valence-electron chi connectivity index (χ0n) is 9.67. The van der Waals surface area contributed by atoms with Crippen LogP contribution in [0.15, 0.2) is 18.2 Å². The number of hydrogen-bond donors (Lipinski definition) is 1. The molecule has 86 valence electrons. The van der Waals surface area contributed by atoms with Crippen molar-refractivity contribution < 1.29 is 4.74 Å². The Bertz CT molecular complexity index is 369. The Hall–Kier alpha value is -1.02. The number of piperidine rings is 1. The van der Waals surface area contributed by atoms with Crippen LogP contribution in [0, 0.1) is 5.92 Å². The maximum Gasteiger partial charge on any atom is 0.122 e. The van der Waals surface area contributed by atoms with E-state index in [1.54, 1.807) is 0 Å². The van der Waals surface area contributed by atoms with Gasteiger partial charge in [0, 0.05) is 6.42 Å². The smallest absolute Gasteiger partial charge is 0.122 e. The Morgan fingerprint density at radius 2 is 2.12 bits per heavy atom. The van der Waals surface area contributed by atoms with Gasteiger partial charge in [0.2, 0.25) is 0 Å². The third-order valence-corrected chi connectivity index (χ3v) is 3.74. The molecule has 0 bridgehead atoms. The van der Waals surface area contributed by atoms with Gasteiger partial charge in [-0.05, 0) is 55.5 Å². The molecule has 2 nitrogen and oxygen atoms in total. The van der Waals surface area contributed by atoms with Crippen molar-refractivity contribution in [2.24, 2.45) is 5.92 Å². The van der Waals surface area contributed by atoms with E-state index in [4.69, 9.17) is 4.74 Å². The Morgan fingerprint density at radius 3 is 3.00 bits per heavy atom. The molecule has 0 unspecified atom stereocenters. The van der Waals surface area contributed by atoms with Crippen molar-refractivity contribution in [3.05, 3.63) is 29.3 Å². The van der Waals surface area contributed by atoms with Crippen LogP contribution in [0.5, 0.6) is 5.75 Å². The topological polar surface area (TPSA) is 21.3 Å². The maximum atomic E-state index is 5.53.